The molecule has 0 radical (unpaired) electrons. The van der Waals surface area contributed by atoms with Crippen LogP contribution in [0.3, 0.4) is 0 Å². The van der Waals surface area contributed by atoms with Gasteiger partial charge in [0, 0.05) is 17.3 Å². The van der Waals surface area contributed by atoms with Crippen LogP contribution in [0.4, 0.5) is 0 Å². The van der Waals surface area contributed by atoms with Gasteiger partial charge in [-0.1, -0.05) is 15.9 Å². The molecule has 0 aliphatic rings. The molecule has 120 valence electrons. The molecule has 2 rings (SSSR count). The zero-order valence-electron chi connectivity index (χ0n) is 11.9. The molecule has 1 unspecified atom stereocenters. The second kappa shape index (κ2) is 5.54. The molecule has 0 fully saturated rings. The maximum absolute atomic E-state index is 11.9. The third-order valence-corrected chi connectivity index (χ3v) is 6.22. The van der Waals surface area contributed by atoms with E-state index in [0.717, 1.165) is 17.7 Å². The van der Waals surface area contributed by atoms with E-state index >= 15 is 0 Å². The number of hydrogen-bond donors (Lipinski definition) is 1. The number of hydrogen-bond acceptors (Lipinski definition) is 5. The number of oxazole rings is 1. The van der Waals surface area contributed by atoms with Crippen molar-refractivity contribution in [3.8, 4) is 0 Å². The molecule has 1 N–H and O–H groups in total. The van der Waals surface area contributed by atoms with E-state index in [2.05, 4.69) is 15.9 Å². The van der Waals surface area contributed by atoms with Gasteiger partial charge in [0.15, 0.2) is 20.2 Å². The highest BCUT2D eigenvalue weighted by Gasteiger charge is 2.43. The minimum Gasteiger partial charge on any atom is -0.480 e. The van der Waals surface area contributed by atoms with Crippen molar-refractivity contribution in [1.82, 2.24) is 4.57 Å². The molecule has 0 spiro atoms. The van der Waals surface area contributed by atoms with Gasteiger partial charge in [0.25, 0.3) is 0 Å². The summed E-state index contributed by atoms with van der Waals surface area (Å²) in [5.41, 5.74) is 0.824. The molecule has 0 bridgehead atoms. The van der Waals surface area contributed by atoms with E-state index in [0.29, 0.717) is 11.1 Å². The van der Waals surface area contributed by atoms with E-state index in [4.69, 9.17) is 4.42 Å². The predicted octanol–water partition coefficient (Wildman–Crippen LogP) is 1.64. The number of sulfone groups is 1. The van der Waals surface area contributed by atoms with Crippen LogP contribution >= 0.6 is 15.9 Å². The average molecular weight is 392 g/mol. The Morgan fingerprint density at radius 1 is 1.45 bits per heavy atom. The van der Waals surface area contributed by atoms with E-state index in [1.165, 1.54) is 4.57 Å². The number of aromatic nitrogens is 1. The van der Waals surface area contributed by atoms with Gasteiger partial charge in [0.05, 0.1) is 5.52 Å². The molecule has 0 saturated heterocycles. The summed E-state index contributed by atoms with van der Waals surface area (Å²) in [5, 5.41) is 9.22. The minimum atomic E-state index is -3.84. The number of carbonyl (C=O) groups is 1. The predicted molar refractivity (Wildman–Crippen MR) is 83.7 cm³/mol. The van der Waals surface area contributed by atoms with Crippen molar-refractivity contribution in [2.75, 3.05) is 6.26 Å². The van der Waals surface area contributed by atoms with Crippen LogP contribution in [-0.4, -0.2) is 35.1 Å². The molecule has 1 aromatic carbocycles. The highest BCUT2D eigenvalue weighted by Crippen LogP contribution is 2.24. The third-order valence-electron chi connectivity index (χ3n) is 3.71. The molecule has 2 aromatic rings. The number of carboxylic acid groups (broad SMARTS) is 1. The molecule has 0 aliphatic heterocycles. The van der Waals surface area contributed by atoms with Crippen LogP contribution in [0, 0.1) is 0 Å². The molecule has 22 heavy (non-hydrogen) atoms. The first-order valence-electron chi connectivity index (χ1n) is 6.28. The maximum atomic E-state index is 11.9. The Morgan fingerprint density at radius 3 is 2.64 bits per heavy atom. The molecule has 1 aromatic heterocycles. The Bertz CT molecular complexity index is 897. The smallest absolute Gasteiger partial charge is 0.419 e. The summed E-state index contributed by atoms with van der Waals surface area (Å²) in [6.07, 6.45) is 0.625. The zero-order chi connectivity index (χ0) is 16.7. The van der Waals surface area contributed by atoms with Crippen LogP contribution in [0.2, 0.25) is 0 Å². The molecule has 1 atom stereocenters. The second-order valence-electron chi connectivity index (χ2n) is 5.19. The molecule has 1 heterocycles. The van der Waals surface area contributed by atoms with Crippen molar-refractivity contribution in [1.29, 1.82) is 0 Å². The Kier molecular flexibility index (Phi) is 4.22. The Labute approximate surface area is 134 Å². The lowest BCUT2D eigenvalue weighted by molar-refractivity contribution is -0.139. The van der Waals surface area contributed by atoms with Crippen LogP contribution in [-0.2, 0) is 21.2 Å². The summed E-state index contributed by atoms with van der Waals surface area (Å²) in [6.45, 7) is 1.05. The summed E-state index contributed by atoms with van der Waals surface area (Å²) < 4.78 is 28.6. The number of benzene rings is 1. The summed E-state index contributed by atoms with van der Waals surface area (Å²) >= 11 is 3.25. The fourth-order valence-corrected chi connectivity index (χ4v) is 3.15. The quantitative estimate of drug-likeness (QED) is 0.829. The van der Waals surface area contributed by atoms with Crippen LogP contribution < -0.4 is 5.76 Å². The fraction of sp³-hybridized carbons (Fsp3) is 0.385. The number of halogens is 1. The zero-order valence-corrected chi connectivity index (χ0v) is 14.3. The summed E-state index contributed by atoms with van der Waals surface area (Å²) in [5.74, 6) is -2.10. The van der Waals surface area contributed by atoms with Gasteiger partial charge in [0.1, 0.15) is 0 Å². The van der Waals surface area contributed by atoms with Crippen molar-refractivity contribution in [3.63, 3.8) is 0 Å². The summed E-state index contributed by atoms with van der Waals surface area (Å²) in [4.78, 5) is 23.2. The summed E-state index contributed by atoms with van der Waals surface area (Å²) in [7, 11) is -3.84. The number of fused-ring (bicyclic) bond motifs is 1. The number of carboxylic acids is 1. The highest BCUT2D eigenvalue weighted by atomic mass is 79.9. The Morgan fingerprint density at radius 2 is 2.09 bits per heavy atom. The third kappa shape index (κ3) is 2.82. The number of aryl methyl sites for hydroxylation is 1. The lowest BCUT2D eigenvalue weighted by atomic mass is 10.1. The average Bonchev–Trinajstić information content (AvgIpc) is 2.69. The Balaban J connectivity index is 2.42. The van der Waals surface area contributed by atoms with Gasteiger partial charge in [-0.2, -0.15) is 0 Å². The molecule has 0 aliphatic carbocycles. The fourth-order valence-electron chi connectivity index (χ4n) is 2.03. The molecular formula is C13H14BrNO6S. The van der Waals surface area contributed by atoms with Crippen LogP contribution in [0.15, 0.2) is 31.9 Å². The van der Waals surface area contributed by atoms with Crippen molar-refractivity contribution >= 4 is 42.8 Å². The van der Waals surface area contributed by atoms with E-state index in [1.54, 1.807) is 18.2 Å². The van der Waals surface area contributed by atoms with Crippen LogP contribution in [0.5, 0.6) is 0 Å². The molecule has 7 nitrogen and oxygen atoms in total. The number of rotatable bonds is 5. The second-order valence-corrected chi connectivity index (χ2v) is 8.55. The first-order chi connectivity index (χ1) is 10.1. The van der Waals surface area contributed by atoms with E-state index < -0.39 is 26.3 Å². The van der Waals surface area contributed by atoms with E-state index in [1.807, 2.05) is 0 Å². The van der Waals surface area contributed by atoms with E-state index in [-0.39, 0.29) is 13.0 Å². The van der Waals surface area contributed by atoms with Crippen molar-refractivity contribution in [3.05, 3.63) is 33.2 Å². The van der Waals surface area contributed by atoms with Crippen LogP contribution in [0.1, 0.15) is 13.3 Å². The van der Waals surface area contributed by atoms with Crippen LogP contribution in [0.25, 0.3) is 11.1 Å². The molecule has 0 amide bonds. The van der Waals surface area contributed by atoms with Gasteiger partial charge >= 0.3 is 11.7 Å². The van der Waals surface area contributed by atoms with Gasteiger partial charge in [-0.15, -0.1) is 0 Å². The Hall–Kier alpha value is -1.61. The first kappa shape index (κ1) is 16.8. The summed E-state index contributed by atoms with van der Waals surface area (Å²) in [6, 6.07) is 4.96. The number of nitrogens with zero attached hydrogens (tertiary/aromatic N) is 1. The molecule has 0 saturated carbocycles. The first-order valence-corrected chi connectivity index (χ1v) is 8.96. The highest BCUT2D eigenvalue weighted by molar-refractivity contribution is 9.10. The van der Waals surface area contributed by atoms with Gasteiger partial charge in [-0.3, -0.25) is 9.36 Å². The van der Waals surface area contributed by atoms with Crippen molar-refractivity contribution in [2.24, 2.45) is 0 Å². The maximum Gasteiger partial charge on any atom is 0.419 e. The minimum absolute atomic E-state index is 0.0800. The lowest BCUT2D eigenvalue weighted by Crippen LogP contribution is -2.44. The van der Waals surface area contributed by atoms with Crippen molar-refractivity contribution in [2.45, 2.75) is 24.6 Å². The van der Waals surface area contributed by atoms with Gasteiger partial charge in [-0.05, 0) is 31.5 Å². The monoisotopic (exact) mass is 391 g/mol. The van der Waals surface area contributed by atoms with Gasteiger partial charge in [-0.25, -0.2) is 13.2 Å². The molecular weight excluding hydrogens is 378 g/mol. The number of aliphatic carboxylic acids is 1. The largest absolute Gasteiger partial charge is 0.480 e. The van der Waals surface area contributed by atoms with Gasteiger partial charge in [0.2, 0.25) is 0 Å². The SMILES string of the molecule is CC(CCn1c(=O)oc2cc(Br)ccc21)(C(=O)O)S(C)(=O)=O. The van der Waals surface area contributed by atoms with Gasteiger partial charge < -0.3 is 9.52 Å². The normalized spacial score (nSPS) is 14.9. The standard InChI is InChI=1S/C13H14BrNO6S/c1-13(11(16)17,22(2,19)20)5-6-15-9-4-3-8(14)7-10(9)21-12(15)18/h3-4,7H,5-6H2,1-2H3,(H,16,17). The molecule has 9 heteroatoms. The topological polar surface area (TPSA) is 107 Å². The van der Waals surface area contributed by atoms with Crippen molar-refractivity contribution < 1.29 is 22.7 Å². The lowest BCUT2D eigenvalue weighted by Gasteiger charge is -2.22. The van der Waals surface area contributed by atoms with E-state index in [9.17, 15) is 23.1 Å².